The third-order valence-electron chi connectivity index (χ3n) is 2.21. The van der Waals surface area contributed by atoms with Crippen molar-refractivity contribution in [2.75, 3.05) is 18.5 Å². The lowest BCUT2D eigenvalue weighted by Crippen LogP contribution is -2.22. The number of hydrogen-bond acceptors (Lipinski definition) is 3. The molecule has 0 aromatic heterocycles. The topological polar surface area (TPSA) is 50.8 Å². The van der Waals surface area contributed by atoms with E-state index in [1.807, 2.05) is 31.0 Å². The normalized spacial score (nSPS) is 11.2. The lowest BCUT2D eigenvalue weighted by atomic mass is 10.1. The molecule has 0 saturated heterocycles. The van der Waals surface area contributed by atoms with E-state index >= 15 is 0 Å². The molecule has 0 heterocycles. The van der Waals surface area contributed by atoms with Gasteiger partial charge in [0.25, 0.3) is 0 Å². The summed E-state index contributed by atoms with van der Waals surface area (Å²) in [6.45, 7) is 2.59. The summed E-state index contributed by atoms with van der Waals surface area (Å²) in [5.41, 5.74) is 1.68. The van der Waals surface area contributed by atoms with Crippen LogP contribution in [0, 0.1) is 28.6 Å². The highest BCUT2D eigenvalue weighted by molar-refractivity contribution is 5.49. The Kier molecular flexibility index (Phi) is 3.71. The van der Waals surface area contributed by atoms with Gasteiger partial charge in [0.05, 0.1) is 23.6 Å². The molecule has 0 saturated carbocycles. The van der Waals surface area contributed by atoms with E-state index in [0.29, 0.717) is 12.1 Å². The molecule has 0 N–H and O–H groups in total. The largest absolute Gasteiger partial charge is 0.373 e. The number of benzene rings is 1. The smallest absolute Gasteiger partial charge is 0.0991 e. The van der Waals surface area contributed by atoms with Crippen LogP contribution in [0.3, 0.4) is 0 Å². The van der Waals surface area contributed by atoms with Crippen LogP contribution in [-0.4, -0.2) is 13.6 Å². The second kappa shape index (κ2) is 5.02. The molecule has 0 aliphatic heterocycles. The maximum atomic E-state index is 8.69. The van der Waals surface area contributed by atoms with Crippen LogP contribution >= 0.6 is 0 Å². The van der Waals surface area contributed by atoms with Crippen molar-refractivity contribution < 1.29 is 0 Å². The lowest BCUT2D eigenvalue weighted by molar-refractivity contribution is 0.716. The van der Waals surface area contributed by atoms with Gasteiger partial charge in [-0.25, -0.2) is 0 Å². The Morgan fingerprint density at radius 1 is 1.27 bits per heavy atom. The van der Waals surface area contributed by atoms with Crippen molar-refractivity contribution in [2.24, 2.45) is 5.92 Å². The van der Waals surface area contributed by atoms with Crippen molar-refractivity contribution in [1.82, 2.24) is 0 Å². The Balaban J connectivity index is 2.71. The molecule has 0 radical (unpaired) electrons. The van der Waals surface area contributed by atoms with Crippen LogP contribution < -0.4 is 4.90 Å². The maximum Gasteiger partial charge on any atom is 0.0991 e. The zero-order chi connectivity index (χ0) is 11.3. The Morgan fingerprint density at radius 3 is 2.33 bits per heavy atom. The van der Waals surface area contributed by atoms with E-state index in [9.17, 15) is 0 Å². The molecule has 3 heteroatoms. The van der Waals surface area contributed by atoms with Crippen LogP contribution in [0.25, 0.3) is 0 Å². The van der Waals surface area contributed by atoms with E-state index in [2.05, 4.69) is 12.1 Å². The minimum Gasteiger partial charge on any atom is -0.373 e. The van der Waals surface area contributed by atoms with Gasteiger partial charge in [-0.05, 0) is 31.2 Å². The molecule has 0 amide bonds. The molecular weight excluding hydrogens is 186 g/mol. The van der Waals surface area contributed by atoms with Crippen LogP contribution in [0.2, 0.25) is 0 Å². The minimum absolute atomic E-state index is 0.00523. The molecule has 0 bridgehead atoms. The van der Waals surface area contributed by atoms with Crippen LogP contribution in [-0.2, 0) is 0 Å². The predicted molar refractivity (Wildman–Crippen MR) is 59.2 cm³/mol. The Labute approximate surface area is 90.2 Å². The summed E-state index contributed by atoms with van der Waals surface area (Å²) in [4.78, 5) is 2.01. The molecule has 3 nitrogen and oxygen atoms in total. The van der Waals surface area contributed by atoms with Crippen molar-refractivity contribution in [3.05, 3.63) is 29.8 Å². The first-order chi connectivity index (χ1) is 7.17. The highest BCUT2D eigenvalue weighted by Gasteiger charge is 2.05. The van der Waals surface area contributed by atoms with Gasteiger partial charge in [0.15, 0.2) is 0 Å². The van der Waals surface area contributed by atoms with Gasteiger partial charge in [-0.3, -0.25) is 0 Å². The summed E-state index contributed by atoms with van der Waals surface area (Å²) in [7, 11) is 1.94. The van der Waals surface area contributed by atoms with E-state index in [-0.39, 0.29) is 5.92 Å². The van der Waals surface area contributed by atoms with Gasteiger partial charge in [0, 0.05) is 19.3 Å². The molecule has 1 atom stereocenters. The van der Waals surface area contributed by atoms with Gasteiger partial charge in [-0.2, -0.15) is 10.5 Å². The standard InChI is InChI=1S/C12H13N3/c1-10(7-13)9-15(2)12-5-3-11(8-14)4-6-12/h3-6,10H,9H2,1-2H3. The number of nitrogens with zero attached hydrogens (tertiary/aromatic N) is 3. The summed E-state index contributed by atoms with van der Waals surface area (Å²) in [6.07, 6.45) is 0. The first kappa shape index (κ1) is 11.1. The summed E-state index contributed by atoms with van der Waals surface area (Å²) in [5, 5.41) is 17.3. The van der Waals surface area contributed by atoms with Crippen molar-refractivity contribution in [3.63, 3.8) is 0 Å². The summed E-state index contributed by atoms with van der Waals surface area (Å²) < 4.78 is 0. The molecule has 0 spiro atoms. The van der Waals surface area contributed by atoms with Crippen molar-refractivity contribution >= 4 is 5.69 Å². The fourth-order valence-electron chi connectivity index (χ4n) is 1.35. The zero-order valence-corrected chi connectivity index (χ0v) is 8.94. The molecule has 0 aliphatic carbocycles. The second-order valence-corrected chi connectivity index (χ2v) is 3.57. The average molecular weight is 199 g/mol. The van der Waals surface area contributed by atoms with E-state index in [1.54, 1.807) is 12.1 Å². The highest BCUT2D eigenvalue weighted by Crippen LogP contribution is 2.14. The van der Waals surface area contributed by atoms with Gasteiger partial charge < -0.3 is 4.90 Å². The van der Waals surface area contributed by atoms with Gasteiger partial charge in [0.1, 0.15) is 0 Å². The first-order valence-electron chi connectivity index (χ1n) is 4.78. The van der Waals surface area contributed by atoms with Crippen molar-refractivity contribution in [1.29, 1.82) is 10.5 Å². The molecule has 1 rings (SSSR count). The molecule has 1 unspecified atom stereocenters. The second-order valence-electron chi connectivity index (χ2n) is 3.57. The van der Waals surface area contributed by atoms with Gasteiger partial charge in [0.2, 0.25) is 0 Å². The molecule has 15 heavy (non-hydrogen) atoms. The quantitative estimate of drug-likeness (QED) is 0.749. The third-order valence-corrected chi connectivity index (χ3v) is 2.21. The Morgan fingerprint density at radius 2 is 1.87 bits per heavy atom. The van der Waals surface area contributed by atoms with E-state index in [4.69, 9.17) is 10.5 Å². The maximum absolute atomic E-state index is 8.69. The van der Waals surface area contributed by atoms with E-state index < -0.39 is 0 Å². The zero-order valence-electron chi connectivity index (χ0n) is 8.94. The molecule has 1 aromatic rings. The Bertz CT molecular complexity index is 394. The van der Waals surface area contributed by atoms with Gasteiger partial charge in [-0.15, -0.1) is 0 Å². The SMILES string of the molecule is CC(C#N)CN(C)c1ccc(C#N)cc1. The first-order valence-corrected chi connectivity index (χ1v) is 4.78. The van der Waals surface area contributed by atoms with E-state index in [0.717, 1.165) is 5.69 Å². The summed E-state index contributed by atoms with van der Waals surface area (Å²) >= 11 is 0. The fraction of sp³-hybridized carbons (Fsp3) is 0.333. The number of hydrogen-bond donors (Lipinski definition) is 0. The Hall–Kier alpha value is -2.00. The fourth-order valence-corrected chi connectivity index (χ4v) is 1.35. The number of anilines is 1. The van der Waals surface area contributed by atoms with Crippen LogP contribution in [0.1, 0.15) is 12.5 Å². The van der Waals surface area contributed by atoms with Crippen LogP contribution in [0.4, 0.5) is 5.69 Å². The van der Waals surface area contributed by atoms with Gasteiger partial charge >= 0.3 is 0 Å². The minimum atomic E-state index is 0.00523. The number of rotatable bonds is 3. The monoisotopic (exact) mass is 199 g/mol. The number of nitriles is 2. The predicted octanol–water partition coefficient (Wildman–Crippen LogP) is 2.15. The molecule has 1 aromatic carbocycles. The third kappa shape index (κ3) is 3.00. The summed E-state index contributed by atoms with van der Waals surface area (Å²) in [6, 6.07) is 11.6. The van der Waals surface area contributed by atoms with Crippen molar-refractivity contribution in [3.8, 4) is 12.1 Å². The molecular formula is C12H13N3. The highest BCUT2D eigenvalue weighted by atomic mass is 15.1. The van der Waals surface area contributed by atoms with Crippen LogP contribution in [0.5, 0.6) is 0 Å². The molecule has 76 valence electrons. The lowest BCUT2D eigenvalue weighted by Gasteiger charge is -2.20. The van der Waals surface area contributed by atoms with E-state index in [1.165, 1.54) is 0 Å². The van der Waals surface area contributed by atoms with Crippen LogP contribution in [0.15, 0.2) is 24.3 Å². The van der Waals surface area contributed by atoms with Gasteiger partial charge in [-0.1, -0.05) is 0 Å². The summed E-state index contributed by atoms with van der Waals surface area (Å²) in [5.74, 6) is 0.00523. The average Bonchev–Trinajstić information content (AvgIpc) is 2.29. The van der Waals surface area contributed by atoms with Crippen molar-refractivity contribution in [2.45, 2.75) is 6.92 Å². The molecule has 0 aliphatic rings. The molecule has 0 fully saturated rings.